The van der Waals surface area contributed by atoms with Gasteiger partial charge in [-0.1, -0.05) is 12.1 Å². The number of imidazole rings is 1. The number of H-pyrrole nitrogens is 1. The molecule has 2 aliphatic heterocycles. The van der Waals surface area contributed by atoms with Crippen LogP contribution in [-0.4, -0.2) is 95.4 Å². The number of aromatic amines is 1. The number of rotatable bonds is 5. The first kappa shape index (κ1) is 23.8. The number of aromatic nitrogens is 2. The number of piperazine rings is 1. The van der Waals surface area contributed by atoms with Gasteiger partial charge in [-0.2, -0.15) is 0 Å². The van der Waals surface area contributed by atoms with E-state index >= 15 is 0 Å². The Kier molecular flexibility index (Phi) is 8.53. The maximum atomic E-state index is 12.7. The fourth-order valence-electron chi connectivity index (χ4n) is 4.43. The van der Waals surface area contributed by atoms with Gasteiger partial charge in [0, 0.05) is 59.3 Å². The Balaban J connectivity index is 0.00000272. The molecule has 0 bridgehead atoms. The van der Waals surface area contributed by atoms with Crippen molar-refractivity contribution in [2.45, 2.75) is 32.2 Å². The van der Waals surface area contributed by atoms with Crippen LogP contribution in [-0.2, 0) is 11.2 Å². The molecule has 31 heavy (non-hydrogen) atoms. The third-order valence-corrected chi connectivity index (χ3v) is 6.23. The number of carbonyl (C=O) groups excluding carboxylic acids is 1. The highest BCUT2D eigenvalue weighted by atomic mass is 127. The second-order valence-corrected chi connectivity index (χ2v) is 8.16. The third kappa shape index (κ3) is 5.68. The molecular weight excluding hydrogens is 505 g/mol. The van der Waals surface area contributed by atoms with Crippen molar-refractivity contribution in [3.8, 4) is 0 Å². The summed E-state index contributed by atoms with van der Waals surface area (Å²) in [5, 5.41) is 3.47. The van der Waals surface area contributed by atoms with Crippen LogP contribution in [0.5, 0.6) is 0 Å². The molecule has 170 valence electrons. The van der Waals surface area contributed by atoms with Crippen LogP contribution in [0.4, 0.5) is 0 Å². The summed E-state index contributed by atoms with van der Waals surface area (Å²) in [4.78, 5) is 31.8. The first-order valence-electron chi connectivity index (χ1n) is 11.1. The Labute approximate surface area is 201 Å². The number of benzene rings is 1. The number of hydrogen-bond donors (Lipinski definition) is 2. The van der Waals surface area contributed by atoms with Gasteiger partial charge in [-0.3, -0.25) is 14.7 Å². The van der Waals surface area contributed by atoms with Crippen LogP contribution in [0.3, 0.4) is 0 Å². The van der Waals surface area contributed by atoms with Gasteiger partial charge in [-0.05, 0) is 31.9 Å². The summed E-state index contributed by atoms with van der Waals surface area (Å²) in [6, 6.07) is 8.06. The molecule has 1 amide bonds. The SMILES string of the molecule is CN=C(NCCc1nc2ccccc2[nH]1)N1CCN(C(C)C(=O)N2CCCC2)CC1.I. The molecule has 2 aromatic rings. The van der Waals surface area contributed by atoms with Crippen molar-refractivity contribution in [1.29, 1.82) is 0 Å². The minimum absolute atomic E-state index is 0. The van der Waals surface area contributed by atoms with E-state index in [1.807, 2.05) is 36.2 Å². The van der Waals surface area contributed by atoms with Crippen molar-refractivity contribution in [3.63, 3.8) is 0 Å². The molecule has 1 atom stereocenters. The van der Waals surface area contributed by atoms with E-state index in [2.05, 4.69) is 37.0 Å². The molecule has 2 N–H and O–H groups in total. The standard InChI is InChI=1S/C22H33N7O.HI/c1-17(21(30)28-11-5-6-12-28)27-13-15-29(16-14-27)22(23-2)24-10-9-20-25-18-7-3-4-8-19(18)26-20;/h3-4,7-8,17H,5-6,9-16H2,1-2H3,(H,23,24)(H,25,26);1H. The highest BCUT2D eigenvalue weighted by Gasteiger charge is 2.30. The summed E-state index contributed by atoms with van der Waals surface area (Å²) in [6.07, 6.45) is 3.10. The minimum atomic E-state index is -0.0340. The van der Waals surface area contributed by atoms with Gasteiger partial charge in [0.05, 0.1) is 17.1 Å². The summed E-state index contributed by atoms with van der Waals surface area (Å²) < 4.78 is 0. The van der Waals surface area contributed by atoms with Crippen LogP contribution in [0.1, 0.15) is 25.6 Å². The summed E-state index contributed by atoms with van der Waals surface area (Å²) in [5.74, 6) is 2.19. The van der Waals surface area contributed by atoms with E-state index in [1.165, 1.54) is 0 Å². The normalized spacial score (nSPS) is 18.8. The predicted octanol–water partition coefficient (Wildman–Crippen LogP) is 1.93. The molecule has 0 saturated carbocycles. The fourth-order valence-corrected chi connectivity index (χ4v) is 4.43. The number of carbonyl (C=O) groups is 1. The Morgan fingerprint density at radius 2 is 1.84 bits per heavy atom. The van der Waals surface area contributed by atoms with E-state index in [-0.39, 0.29) is 35.9 Å². The van der Waals surface area contributed by atoms with Crippen LogP contribution in [0.15, 0.2) is 29.3 Å². The molecule has 2 saturated heterocycles. The van der Waals surface area contributed by atoms with Gasteiger partial charge in [0.2, 0.25) is 5.91 Å². The fraction of sp³-hybridized carbons (Fsp3) is 0.591. The average molecular weight is 539 g/mol. The van der Waals surface area contributed by atoms with Gasteiger partial charge in [0.25, 0.3) is 0 Å². The van der Waals surface area contributed by atoms with E-state index in [9.17, 15) is 4.79 Å². The maximum absolute atomic E-state index is 12.7. The van der Waals surface area contributed by atoms with Crippen molar-refractivity contribution < 1.29 is 4.79 Å². The van der Waals surface area contributed by atoms with Crippen LogP contribution >= 0.6 is 24.0 Å². The second-order valence-electron chi connectivity index (χ2n) is 8.16. The van der Waals surface area contributed by atoms with Gasteiger partial charge in [0.1, 0.15) is 5.82 Å². The summed E-state index contributed by atoms with van der Waals surface area (Å²) in [5.41, 5.74) is 2.08. The number of hydrogen-bond acceptors (Lipinski definition) is 4. The van der Waals surface area contributed by atoms with E-state index in [0.29, 0.717) is 0 Å². The number of guanidine groups is 1. The molecule has 4 rings (SSSR count). The number of para-hydroxylation sites is 2. The molecule has 2 aliphatic rings. The topological polar surface area (TPSA) is 79.9 Å². The van der Waals surface area contributed by atoms with Crippen LogP contribution in [0.25, 0.3) is 11.0 Å². The smallest absolute Gasteiger partial charge is 0.239 e. The van der Waals surface area contributed by atoms with E-state index < -0.39 is 0 Å². The van der Waals surface area contributed by atoms with E-state index in [0.717, 1.165) is 87.9 Å². The quantitative estimate of drug-likeness (QED) is 0.345. The monoisotopic (exact) mass is 539 g/mol. The van der Waals surface area contributed by atoms with Crippen LogP contribution < -0.4 is 5.32 Å². The highest BCUT2D eigenvalue weighted by Crippen LogP contribution is 2.14. The van der Waals surface area contributed by atoms with Gasteiger partial charge in [-0.25, -0.2) is 4.98 Å². The summed E-state index contributed by atoms with van der Waals surface area (Å²) in [7, 11) is 1.83. The third-order valence-electron chi connectivity index (χ3n) is 6.23. The molecule has 0 radical (unpaired) electrons. The Bertz CT molecular complexity index is 852. The number of fused-ring (bicyclic) bond motifs is 1. The largest absolute Gasteiger partial charge is 0.356 e. The molecule has 0 aliphatic carbocycles. The summed E-state index contributed by atoms with van der Waals surface area (Å²) >= 11 is 0. The number of nitrogens with zero attached hydrogens (tertiary/aromatic N) is 5. The molecule has 1 aromatic heterocycles. The van der Waals surface area contributed by atoms with Crippen LogP contribution in [0, 0.1) is 0 Å². The number of amides is 1. The molecule has 2 fully saturated rings. The van der Waals surface area contributed by atoms with E-state index in [1.54, 1.807) is 0 Å². The van der Waals surface area contributed by atoms with Crippen molar-refractivity contribution in [1.82, 2.24) is 30.0 Å². The maximum Gasteiger partial charge on any atom is 0.239 e. The number of nitrogens with one attached hydrogen (secondary N) is 2. The molecule has 1 aromatic carbocycles. The predicted molar refractivity (Wildman–Crippen MR) is 135 cm³/mol. The Morgan fingerprint density at radius 1 is 1.13 bits per heavy atom. The summed E-state index contributed by atoms with van der Waals surface area (Å²) in [6.45, 7) is 8.18. The lowest BCUT2D eigenvalue weighted by Crippen LogP contribution is -2.57. The van der Waals surface area contributed by atoms with E-state index in [4.69, 9.17) is 0 Å². The average Bonchev–Trinajstić information content (AvgIpc) is 3.45. The van der Waals surface area contributed by atoms with Crippen molar-refractivity contribution in [3.05, 3.63) is 30.1 Å². The lowest BCUT2D eigenvalue weighted by Gasteiger charge is -2.39. The number of halogens is 1. The zero-order chi connectivity index (χ0) is 20.9. The van der Waals surface area contributed by atoms with Crippen molar-refractivity contribution in [2.75, 3.05) is 52.9 Å². The molecule has 0 spiro atoms. The molecule has 9 heteroatoms. The van der Waals surface area contributed by atoms with Gasteiger partial charge < -0.3 is 20.1 Å². The first-order valence-corrected chi connectivity index (χ1v) is 11.1. The zero-order valence-corrected chi connectivity index (χ0v) is 20.8. The Hall–Kier alpha value is -1.88. The molecule has 8 nitrogen and oxygen atoms in total. The zero-order valence-electron chi connectivity index (χ0n) is 18.5. The van der Waals surface area contributed by atoms with Crippen LogP contribution in [0.2, 0.25) is 0 Å². The van der Waals surface area contributed by atoms with Gasteiger partial charge >= 0.3 is 0 Å². The van der Waals surface area contributed by atoms with Gasteiger partial charge in [-0.15, -0.1) is 24.0 Å². The number of aliphatic imine (C=N–C) groups is 1. The Morgan fingerprint density at radius 3 is 2.52 bits per heavy atom. The minimum Gasteiger partial charge on any atom is -0.356 e. The number of likely N-dealkylation sites (tertiary alicyclic amines) is 1. The second kappa shape index (κ2) is 11.1. The molecular formula is C22H34IN7O. The molecule has 1 unspecified atom stereocenters. The highest BCUT2D eigenvalue weighted by molar-refractivity contribution is 14.0. The van der Waals surface area contributed by atoms with Crippen molar-refractivity contribution in [2.24, 2.45) is 4.99 Å². The lowest BCUT2D eigenvalue weighted by molar-refractivity contribution is -0.135. The van der Waals surface area contributed by atoms with Crippen molar-refractivity contribution >= 4 is 46.9 Å². The first-order chi connectivity index (χ1) is 14.7. The lowest BCUT2D eigenvalue weighted by atomic mass is 10.2. The molecule has 3 heterocycles. The van der Waals surface area contributed by atoms with Gasteiger partial charge in [0.15, 0.2) is 5.96 Å².